The fourth-order valence-electron chi connectivity index (χ4n) is 3.39. The van der Waals surface area contributed by atoms with Gasteiger partial charge in [0.1, 0.15) is 5.75 Å². The minimum Gasteiger partial charge on any atom is -0.497 e. The van der Waals surface area contributed by atoms with Gasteiger partial charge in [-0.1, -0.05) is 23.7 Å². The lowest BCUT2D eigenvalue weighted by atomic mass is 9.89. The average Bonchev–Trinajstić information content (AvgIpc) is 2.64. The van der Waals surface area contributed by atoms with Gasteiger partial charge < -0.3 is 9.84 Å². The molecule has 4 nitrogen and oxygen atoms in total. The summed E-state index contributed by atoms with van der Waals surface area (Å²) in [5.41, 5.74) is 2.48. The molecular weight excluding hydrogens is 338 g/mol. The van der Waals surface area contributed by atoms with Crippen LogP contribution in [0, 0.1) is 0 Å². The van der Waals surface area contributed by atoms with Gasteiger partial charge in [0.15, 0.2) is 0 Å². The fraction of sp³-hybridized carbons (Fsp3) is 0.350. The van der Waals surface area contributed by atoms with Gasteiger partial charge in [-0.3, -0.25) is 4.90 Å². The molecule has 0 spiro atoms. The van der Waals surface area contributed by atoms with Gasteiger partial charge in [-0.15, -0.1) is 0 Å². The van der Waals surface area contributed by atoms with E-state index in [0.717, 1.165) is 37.2 Å². The maximum absolute atomic E-state index is 11.1. The Kier molecular flexibility index (Phi) is 5.61. The van der Waals surface area contributed by atoms with Crippen molar-refractivity contribution in [2.24, 2.45) is 0 Å². The van der Waals surface area contributed by atoms with Crippen LogP contribution in [-0.4, -0.2) is 36.2 Å². The molecule has 3 rings (SSSR count). The van der Waals surface area contributed by atoms with E-state index in [4.69, 9.17) is 21.4 Å². The first kappa shape index (κ1) is 17.8. The Labute approximate surface area is 153 Å². The minimum absolute atomic E-state index is 0.283. The normalized spacial score (nSPS) is 15.9. The summed E-state index contributed by atoms with van der Waals surface area (Å²) < 4.78 is 5.32. The van der Waals surface area contributed by atoms with Gasteiger partial charge in [0.05, 0.1) is 12.7 Å². The van der Waals surface area contributed by atoms with Crippen LogP contribution in [0.3, 0.4) is 0 Å². The zero-order valence-electron chi connectivity index (χ0n) is 14.2. The highest BCUT2D eigenvalue weighted by Crippen LogP contribution is 2.31. The van der Waals surface area contributed by atoms with Crippen molar-refractivity contribution in [3.05, 3.63) is 64.2 Å². The fourth-order valence-corrected chi connectivity index (χ4v) is 3.57. The molecule has 1 fully saturated rings. The van der Waals surface area contributed by atoms with E-state index in [0.29, 0.717) is 17.5 Å². The molecule has 0 aliphatic carbocycles. The average molecular weight is 360 g/mol. The summed E-state index contributed by atoms with van der Waals surface area (Å²) in [4.78, 5) is 13.5. The number of benzene rings is 2. The van der Waals surface area contributed by atoms with E-state index in [9.17, 15) is 4.79 Å². The standard InChI is InChI=1S/C20H22ClNO3/c1-25-18-4-2-3-15(12-18)14-7-9-22(10-8-14)13-17-11-16(20(23)24)5-6-19(17)21/h2-6,11-12,14H,7-10,13H2,1H3,(H,23,24). The molecular formula is C20H22ClNO3. The van der Waals surface area contributed by atoms with Crippen LogP contribution in [0.1, 0.15) is 40.2 Å². The van der Waals surface area contributed by atoms with Gasteiger partial charge in [-0.25, -0.2) is 4.79 Å². The summed E-state index contributed by atoms with van der Waals surface area (Å²) in [6.45, 7) is 2.62. The Morgan fingerprint density at radius 1 is 1.24 bits per heavy atom. The predicted octanol–water partition coefficient (Wildman–Crippen LogP) is 4.43. The Hall–Kier alpha value is -2.04. The number of hydrogen-bond donors (Lipinski definition) is 1. The molecule has 0 bridgehead atoms. The quantitative estimate of drug-likeness (QED) is 0.858. The SMILES string of the molecule is COc1cccc(C2CCN(Cc3cc(C(=O)O)ccc3Cl)CC2)c1. The largest absolute Gasteiger partial charge is 0.497 e. The molecule has 0 atom stereocenters. The first-order chi connectivity index (χ1) is 12.1. The summed E-state index contributed by atoms with van der Waals surface area (Å²) in [6, 6.07) is 13.2. The maximum Gasteiger partial charge on any atom is 0.335 e. The Bertz CT molecular complexity index is 754. The van der Waals surface area contributed by atoms with Crippen molar-refractivity contribution < 1.29 is 14.6 Å². The number of hydrogen-bond acceptors (Lipinski definition) is 3. The second-order valence-electron chi connectivity index (χ2n) is 6.44. The number of carboxylic acid groups (broad SMARTS) is 1. The Morgan fingerprint density at radius 2 is 2.00 bits per heavy atom. The van der Waals surface area contributed by atoms with Crippen molar-refractivity contribution in [3.63, 3.8) is 0 Å². The lowest BCUT2D eigenvalue weighted by Gasteiger charge is -2.32. The molecule has 1 aliphatic heterocycles. The molecule has 0 radical (unpaired) electrons. The number of likely N-dealkylation sites (tertiary alicyclic amines) is 1. The van der Waals surface area contributed by atoms with Gasteiger partial charge in [0.2, 0.25) is 0 Å². The van der Waals surface area contributed by atoms with E-state index < -0.39 is 5.97 Å². The molecule has 0 amide bonds. The van der Waals surface area contributed by atoms with Gasteiger partial charge >= 0.3 is 5.97 Å². The van der Waals surface area contributed by atoms with Gasteiger partial charge in [-0.2, -0.15) is 0 Å². The molecule has 2 aromatic carbocycles. The Balaban J connectivity index is 1.63. The number of methoxy groups -OCH3 is 1. The molecule has 25 heavy (non-hydrogen) atoms. The zero-order valence-corrected chi connectivity index (χ0v) is 15.0. The van der Waals surface area contributed by atoms with Crippen molar-refractivity contribution in [1.29, 1.82) is 0 Å². The molecule has 1 saturated heterocycles. The van der Waals surface area contributed by atoms with E-state index in [2.05, 4.69) is 17.0 Å². The van der Waals surface area contributed by atoms with Crippen molar-refractivity contribution in [2.45, 2.75) is 25.3 Å². The van der Waals surface area contributed by atoms with Crippen molar-refractivity contribution in [2.75, 3.05) is 20.2 Å². The molecule has 132 valence electrons. The van der Waals surface area contributed by atoms with E-state index >= 15 is 0 Å². The topological polar surface area (TPSA) is 49.8 Å². The van der Waals surface area contributed by atoms with Crippen molar-refractivity contribution in [3.8, 4) is 5.75 Å². The number of piperidine rings is 1. The van der Waals surface area contributed by atoms with Crippen LogP contribution in [0.2, 0.25) is 5.02 Å². The summed E-state index contributed by atoms with van der Waals surface area (Å²) in [5.74, 6) is 0.513. The first-order valence-corrected chi connectivity index (χ1v) is 8.82. The number of ether oxygens (including phenoxy) is 1. The summed E-state index contributed by atoms with van der Waals surface area (Å²) >= 11 is 6.24. The second-order valence-corrected chi connectivity index (χ2v) is 6.85. The first-order valence-electron chi connectivity index (χ1n) is 8.45. The molecule has 2 aromatic rings. The zero-order chi connectivity index (χ0) is 17.8. The van der Waals surface area contributed by atoms with Crippen LogP contribution in [-0.2, 0) is 6.54 Å². The predicted molar refractivity (Wildman–Crippen MR) is 98.7 cm³/mol. The third kappa shape index (κ3) is 4.33. The summed E-state index contributed by atoms with van der Waals surface area (Å²) in [5, 5.41) is 9.77. The number of nitrogens with zero attached hydrogens (tertiary/aromatic N) is 1. The molecule has 0 aromatic heterocycles. The summed E-state index contributed by atoms with van der Waals surface area (Å²) in [7, 11) is 1.69. The molecule has 0 saturated carbocycles. The van der Waals surface area contributed by atoms with E-state index in [1.807, 2.05) is 12.1 Å². The third-order valence-electron chi connectivity index (χ3n) is 4.84. The van der Waals surface area contributed by atoms with Gasteiger partial charge in [0, 0.05) is 11.6 Å². The van der Waals surface area contributed by atoms with E-state index in [-0.39, 0.29) is 5.56 Å². The monoisotopic (exact) mass is 359 g/mol. The number of aromatic carboxylic acids is 1. The minimum atomic E-state index is -0.922. The van der Waals surface area contributed by atoms with E-state index in [1.54, 1.807) is 25.3 Å². The highest BCUT2D eigenvalue weighted by molar-refractivity contribution is 6.31. The highest BCUT2D eigenvalue weighted by atomic mass is 35.5. The summed E-state index contributed by atoms with van der Waals surface area (Å²) in [6.07, 6.45) is 2.15. The molecule has 1 aliphatic rings. The van der Waals surface area contributed by atoms with Crippen LogP contribution in [0.15, 0.2) is 42.5 Å². The maximum atomic E-state index is 11.1. The number of halogens is 1. The van der Waals surface area contributed by atoms with Gasteiger partial charge in [-0.05, 0) is 73.3 Å². The smallest absolute Gasteiger partial charge is 0.335 e. The van der Waals surface area contributed by atoms with Crippen molar-refractivity contribution in [1.82, 2.24) is 4.90 Å². The van der Waals surface area contributed by atoms with E-state index in [1.165, 1.54) is 5.56 Å². The molecule has 1 N–H and O–H groups in total. The lowest BCUT2D eigenvalue weighted by molar-refractivity contribution is 0.0696. The van der Waals surface area contributed by atoms with Crippen LogP contribution < -0.4 is 4.74 Å². The van der Waals surface area contributed by atoms with Crippen LogP contribution >= 0.6 is 11.6 Å². The number of carbonyl (C=O) groups is 1. The van der Waals surface area contributed by atoms with Gasteiger partial charge in [0.25, 0.3) is 0 Å². The molecule has 1 heterocycles. The number of carboxylic acids is 1. The molecule has 5 heteroatoms. The Morgan fingerprint density at radius 3 is 2.68 bits per heavy atom. The lowest BCUT2D eigenvalue weighted by Crippen LogP contribution is -2.32. The third-order valence-corrected chi connectivity index (χ3v) is 5.21. The van der Waals surface area contributed by atoms with Crippen LogP contribution in [0.4, 0.5) is 0 Å². The number of rotatable bonds is 5. The van der Waals surface area contributed by atoms with Crippen LogP contribution in [0.5, 0.6) is 5.75 Å². The second kappa shape index (κ2) is 7.89. The highest BCUT2D eigenvalue weighted by Gasteiger charge is 2.21. The molecule has 0 unspecified atom stereocenters. The van der Waals surface area contributed by atoms with Crippen LogP contribution in [0.25, 0.3) is 0 Å². The van der Waals surface area contributed by atoms with Crippen molar-refractivity contribution >= 4 is 17.6 Å².